The molecule has 6 heteroatoms. The Morgan fingerprint density at radius 3 is 2.89 bits per heavy atom. The van der Waals surface area contributed by atoms with Crippen molar-refractivity contribution in [2.75, 3.05) is 19.0 Å². The lowest BCUT2D eigenvalue weighted by molar-refractivity contribution is -0.384. The molecule has 0 aliphatic heterocycles. The average Bonchev–Trinajstić information content (AvgIpc) is 3.22. The monoisotopic (exact) mass is 261 g/mol. The van der Waals surface area contributed by atoms with E-state index in [0.717, 1.165) is 12.8 Å². The summed E-state index contributed by atoms with van der Waals surface area (Å²) >= 11 is 0. The number of hydrogen-bond donors (Lipinski definition) is 1. The fourth-order valence-electron chi connectivity index (χ4n) is 2.04. The lowest BCUT2D eigenvalue weighted by Crippen LogP contribution is -2.27. The molecule has 0 saturated heterocycles. The average molecular weight is 261 g/mol. The summed E-state index contributed by atoms with van der Waals surface area (Å²) in [6.45, 7) is 0.562. The largest absolute Gasteiger partial charge is 0.383 e. The first-order valence-corrected chi connectivity index (χ1v) is 6.09. The highest BCUT2D eigenvalue weighted by Gasteiger charge is 2.31. The molecule has 0 heterocycles. The van der Waals surface area contributed by atoms with E-state index in [1.807, 2.05) is 6.07 Å². The molecule has 2 rings (SSSR count). The fraction of sp³-hybridized carbons (Fsp3) is 0.462. The van der Waals surface area contributed by atoms with Gasteiger partial charge in [0.2, 0.25) is 0 Å². The molecule has 1 aromatic rings. The molecule has 0 radical (unpaired) electrons. The third-order valence-electron chi connectivity index (χ3n) is 3.21. The first kappa shape index (κ1) is 13.3. The maximum atomic E-state index is 10.7. The van der Waals surface area contributed by atoms with Crippen LogP contribution in [0.2, 0.25) is 0 Å². The van der Waals surface area contributed by atoms with E-state index >= 15 is 0 Å². The van der Waals surface area contributed by atoms with Crippen LogP contribution in [0.25, 0.3) is 0 Å². The lowest BCUT2D eigenvalue weighted by Gasteiger charge is -2.19. The van der Waals surface area contributed by atoms with Crippen LogP contribution in [0.4, 0.5) is 11.4 Å². The van der Waals surface area contributed by atoms with Crippen molar-refractivity contribution in [1.82, 2.24) is 0 Å². The van der Waals surface area contributed by atoms with E-state index in [9.17, 15) is 10.1 Å². The third kappa shape index (κ3) is 3.20. The van der Waals surface area contributed by atoms with Gasteiger partial charge in [-0.25, -0.2) is 0 Å². The molecule has 6 nitrogen and oxygen atoms in total. The molecule has 0 bridgehead atoms. The minimum atomic E-state index is -0.502. The van der Waals surface area contributed by atoms with Crippen molar-refractivity contribution in [3.63, 3.8) is 0 Å². The fourth-order valence-corrected chi connectivity index (χ4v) is 2.04. The van der Waals surface area contributed by atoms with E-state index in [1.54, 1.807) is 13.2 Å². The molecular weight excluding hydrogens is 246 g/mol. The molecule has 100 valence electrons. The number of nitrogens with one attached hydrogen (secondary N) is 1. The van der Waals surface area contributed by atoms with Crippen LogP contribution in [-0.4, -0.2) is 24.7 Å². The highest BCUT2D eigenvalue weighted by molar-refractivity contribution is 5.61. The van der Waals surface area contributed by atoms with Gasteiger partial charge in [-0.3, -0.25) is 10.1 Å². The molecule has 1 aliphatic carbocycles. The summed E-state index contributed by atoms with van der Waals surface area (Å²) in [7, 11) is 1.64. The van der Waals surface area contributed by atoms with Crippen molar-refractivity contribution in [2.24, 2.45) is 5.92 Å². The summed E-state index contributed by atoms with van der Waals surface area (Å²) in [5.74, 6) is 0.557. The van der Waals surface area contributed by atoms with Crippen molar-refractivity contribution in [3.05, 3.63) is 33.9 Å². The Morgan fingerprint density at radius 1 is 1.63 bits per heavy atom. The summed E-state index contributed by atoms with van der Waals surface area (Å²) in [5.41, 5.74) is 0.842. The zero-order chi connectivity index (χ0) is 13.8. The van der Waals surface area contributed by atoms with Crippen molar-refractivity contribution >= 4 is 11.4 Å². The van der Waals surface area contributed by atoms with Gasteiger partial charge in [0.15, 0.2) is 0 Å². The van der Waals surface area contributed by atoms with Crippen LogP contribution >= 0.6 is 0 Å². The minimum absolute atomic E-state index is 0.0724. The van der Waals surface area contributed by atoms with Crippen LogP contribution in [-0.2, 0) is 4.74 Å². The van der Waals surface area contributed by atoms with E-state index in [-0.39, 0.29) is 17.3 Å². The molecule has 0 aromatic heterocycles. The molecule has 1 aliphatic rings. The predicted octanol–water partition coefficient (Wildman–Crippen LogP) is 2.30. The first-order chi connectivity index (χ1) is 9.15. The van der Waals surface area contributed by atoms with E-state index in [4.69, 9.17) is 10.00 Å². The Labute approximate surface area is 111 Å². The second-order valence-corrected chi connectivity index (χ2v) is 4.64. The zero-order valence-electron chi connectivity index (χ0n) is 10.6. The molecule has 1 saturated carbocycles. The van der Waals surface area contributed by atoms with Gasteiger partial charge in [-0.05, 0) is 24.8 Å². The number of rotatable bonds is 6. The summed E-state index contributed by atoms with van der Waals surface area (Å²) in [6, 6.07) is 6.42. The first-order valence-electron chi connectivity index (χ1n) is 6.09. The second kappa shape index (κ2) is 5.67. The SMILES string of the molecule is COCC(Nc1ccc([N+](=O)[O-])cc1C#N)C1CC1. The standard InChI is InChI=1S/C13H15N3O3/c1-19-8-13(9-2-3-9)15-12-5-4-11(16(17)18)6-10(12)7-14/h4-6,9,13,15H,2-3,8H2,1H3. The van der Waals surface area contributed by atoms with E-state index < -0.39 is 4.92 Å². The summed E-state index contributed by atoms with van der Waals surface area (Å²) < 4.78 is 5.16. The Balaban J connectivity index is 2.19. The topological polar surface area (TPSA) is 88.2 Å². The van der Waals surface area contributed by atoms with Crippen molar-refractivity contribution in [2.45, 2.75) is 18.9 Å². The molecule has 1 unspecified atom stereocenters. The molecule has 1 atom stereocenters. The predicted molar refractivity (Wildman–Crippen MR) is 69.8 cm³/mol. The zero-order valence-corrected chi connectivity index (χ0v) is 10.6. The highest BCUT2D eigenvalue weighted by atomic mass is 16.6. The van der Waals surface area contributed by atoms with Gasteiger partial charge in [0, 0.05) is 19.2 Å². The molecular formula is C13H15N3O3. The van der Waals surface area contributed by atoms with Crippen molar-refractivity contribution < 1.29 is 9.66 Å². The van der Waals surface area contributed by atoms with Gasteiger partial charge in [0.25, 0.3) is 5.69 Å². The van der Waals surface area contributed by atoms with Gasteiger partial charge in [0.1, 0.15) is 6.07 Å². The lowest BCUT2D eigenvalue weighted by atomic mass is 10.1. The number of nitrogens with zero attached hydrogens (tertiary/aromatic N) is 2. The summed E-state index contributed by atoms with van der Waals surface area (Å²) in [4.78, 5) is 10.2. The number of nitro groups is 1. The van der Waals surface area contributed by atoms with Gasteiger partial charge in [-0.15, -0.1) is 0 Å². The van der Waals surface area contributed by atoms with Crippen LogP contribution < -0.4 is 5.32 Å². The van der Waals surface area contributed by atoms with Crippen LogP contribution in [0.5, 0.6) is 0 Å². The number of anilines is 1. The number of methoxy groups -OCH3 is 1. The molecule has 19 heavy (non-hydrogen) atoms. The Morgan fingerprint density at radius 2 is 2.37 bits per heavy atom. The van der Waals surface area contributed by atoms with Crippen molar-refractivity contribution in [3.8, 4) is 6.07 Å². The van der Waals surface area contributed by atoms with E-state index in [2.05, 4.69) is 5.32 Å². The van der Waals surface area contributed by atoms with Crippen molar-refractivity contribution in [1.29, 1.82) is 5.26 Å². The molecule has 1 fully saturated rings. The van der Waals surface area contributed by atoms with Crippen LogP contribution in [0.15, 0.2) is 18.2 Å². The highest BCUT2D eigenvalue weighted by Crippen LogP contribution is 2.35. The van der Waals surface area contributed by atoms with Crippen LogP contribution in [0.3, 0.4) is 0 Å². The van der Waals surface area contributed by atoms with Gasteiger partial charge >= 0.3 is 0 Å². The second-order valence-electron chi connectivity index (χ2n) is 4.64. The number of non-ortho nitro benzene ring substituents is 1. The summed E-state index contributed by atoms with van der Waals surface area (Å²) in [5, 5.41) is 23.0. The van der Waals surface area contributed by atoms with E-state index in [1.165, 1.54) is 12.1 Å². The van der Waals surface area contributed by atoms with E-state index in [0.29, 0.717) is 18.2 Å². The normalized spacial score (nSPS) is 15.6. The summed E-state index contributed by atoms with van der Waals surface area (Å²) in [6.07, 6.45) is 2.30. The third-order valence-corrected chi connectivity index (χ3v) is 3.21. The van der Waals surface area contributed by atoms with Crippen LogP contribution in [0, 0.1) is 27.4 Å². The van der Waals surface area contributed by atoms with Gasteiger partial charge in [0.05, 0.1) is 28.8 Å². The number of nitriles is 1. The number of hydrogen-bond acceptors (Lipinski definition) is 5. The number of nitro benzene ring substituents is 1. The van der Waals surface area contributed by atoms with Gasteiger partial charge in [-0.2, -0.15) is 5.26 Å². The molecule has 1 aromatic carbocycles. The Kier molecular flexibility index (Phi) is 3.97. The Hall–Kier alpha value is -2.13. The Bertz CT molecular complexity index is 520. The molecule has 0 amide bonds. The quantitative estimate of drug-likeness (QED) is 0.627. The molecule has 0 spiro atoms. The van der Waals surface area contributed by atoms with Gasteiger partial charge in [-0.1, -0.05) is 0 Å². The number of ether oxygens (including phenoxy) is 1. The van der Waals surface area contributed by atoms with Crippen LogP contribution in [0.1, 0.15) is 18.4 Å². The van der Waals surface area contributed by atoms with Gasteiger partial charge < -0.3 is 10.1 Å². The minimum Gasteiger partial charge on any atom is -0.383 e. The smallest absolute Gasteiger partial charge is 0.270 e. The number of benzene rings is 1. The maximum Gasteiger partial charge on any atom is 0.270 e. The maximum absolute atomic E-state index is 10.7. The molecule has 1 N–H and O–H groups in total.